The maximum absolute atomic E-state index is 9.75. The van der Waals surface area contributed by atoms with E-state index in [1.807, 2.05) is 0 Å². The zero-order valence-corrected chi connectivity index (χ0v) is 14.0. The van der Waals surface area contributed by atoms with E-state index in [4.69, 9.17) is 5.73 Å². The van der Waals surface area contributed by atoms with Gasteiger partial charge in [0, 0.05) is 38.8 Å². The molecule has 0 aliphatic rings. The van der Waals surface area contributed by atoms with E-state index in [9.17, 15) is 17.3 Å². The SMILES string of the molecule is Cc1cc(C)[n+](CCCc2nnc(N)s2)c(C)c1.F[B-](F)(F)F. The van der Waals surface area contributed by atoms with E-state index >= 15 is 0 Å². The number of hydrogen-bond donors (Lipinski definition) is 1. The van der Waals surface area contributed by atoms with Crippen molar-refractivity contribution in [3.05, 3.63) is 34.1 Å². The summed E-state index contributed by atoms with van der Waals surface area (Å²) in [5.74, 6) is 0. The van der Waals surface area contributed by atoms with E-state index in [1.165, 1.54) is 28.3 Å². The van der Waals surface area contributed by atoms with Crippen molar-refractivity contribution in [3.8, 4) is 0 Å². The highest BCUT2D eigenvalue weighted by Crippen LogP contribution is 2.12. The summed E-state index contributed by atoms with van der Waals surface area (Å²) in [7, 11) is -6.00. The maximum atomic E-state index is 9.75. The van der Waals surface area contributed by atoms with Crippen LogP contribution in [0.1, 0.15) is 28.4 Å². The molecule has 2 aromatic rings. The van der Waals surface area contributed by atoms with Crippen molar-refractivity contribution in [2.45, 2.75) is 40.2 Å². The van der Waals surface area contributed by atoms with Crippen LogP contribution in [0, 0.1) is 20.8 Å². The Morgan fingerprint density at radius 3 is 2.04 bits per heavy atom. The Morgan fingerprint density at radius 1 is 1.09 bits per heavy atom. The highest BCUT2D eigenvalue weighted by atomic mass is 32.1. The third-order valence-electron chi connectivity index (χ3n) is 2.98. The lowest BCUT2D eigenvalue weighted by Gasteiger charge is -2.04. The van der Waals surface area contributed by atoms with Crippen molar-refractivity contribution < 1.29 is 21.8 Å². The standard InChI is InChI=1S/C13H19N4S.BF4/c1-9-7-10(2)17(11(3)8-9)6-4-5-12-15-16-13(14)18-12;2-1(3,4)5/h7-8H,4-6H2,1-3H3,(H2,14,16);/q+1;-1. The van der Waals surface area contributed by atoms with Gasteiger partial charge in [-0.3, -0.25) is 0 Å². The van der Waals surface area contributed by atoms with E-state index < -0.39 is 7.25 Å². The Morgan fingerprint density at radius 2 is 1.61 bits per heavy atom. The topological polar surface area (TPSA) is 55.7 Å². The molecule has 0 fully saturated rings. The van der Waals surface area contributed by atoms with Crippen LogP contribution in [0.2, 0.25) is 0 Å². The molecule has 0 unspecified atom stereocenters. The number of rotatable bonds is 4. The molecule has 0 spiro atoms. The van der Waals surface area contributed by atoms with Gasteiger partial charge in [0.05, 0.1) is 0 Å². The fourth-order valence-corrected chi connectivity index (χ4v) is 2.89. The molecule has 128 valence electrons. The molecule has 0 saturated heterocycles. The first kappa shape index (κ1) is 19.3. The number of aryl methyl sites for hydroxylation is 4. The molecular formula is C13H19BF4N4S. The van der Waals surface area contributed by atoms with Gasteiger partial charge in [-0.25, -0.2) is 4.57 Å². The fraction of sp³-hybridized carbons (Fsp3) is 0.462. The number of pyridine rings is 1. The van der Waals surface area contributed by atoms with Gasteiger partial charge in [-0.05, 0) is 12.5 Å². The number of nitrogen functional groups attached to an aromatic ring is 1. The van der Waals surface area contributed by atoms with Crippen molar-refractivity contribution in [2.75, 3.05) is 5.73 Å². The van der Waals surface area contributed by atoms with Gasteiger partial charge in [0.25, 0.3) is 0 Å². The van der Waals surface area contributed by atoms with Gasteiger partial charge in [-0.2, -0.15) is 0 Å². The molecule has 23 heavy (non-hydrogen) atoms. The summed E-state index contributed by atoms with van der Waals surface area (Å²) in [5.41, 5.74) is 9.50. The van der Waals surface area contributed by atoms with Crippen LogP contribution in [-0.2, 0) is 13.0 Å². The molecular weight excluding hydrogens is 331 g/mol. The lowest BCUT2D eigenvalue weighted by Crippen LogP contribution is -2.40. The second-order valence-electron chi connectivity index (χ2n) is 5.10. The first-order valence-electron chi connectivity index (χ1n) is 6.99. The van der Waals surface area contributed by atoms with Gasteiger partial charge in [-0.1, -0.05) is 11.3 Å². The van der Waals surface area contributed by atoms with Crippen LogP contribution in [0.15, 0.2) is 12.1 Å². The van der Waals surface area contributed by atoms with Crippen LogP contribution in [0.4, 0.5) is 22.4 Å². The molecule has 0 aromatic carbocycles. The Kier molecular flexibility index (Phi) is 6.92. The number of hydrogen-bond acceptors (Lipinski definition) is 4. The van der Waals surface area contributed by atoms with Crippen LogP contribution in [0.25, 0.3) is 0 Å². The molecule has 0 aliphatic carbocycles. The predicted octanol–water partition coefficient (Wildman–Crippen LogP) is 3.27. The first-order valence-corrected chi connectivity index (χ1v) is 7.81. The van der Waals surface area contributed by atoms with Crippen LogP contribution in [0.5, 0.6) is 0 Å². The van der Waals surface area contributed by atoms with Crippen LogP contribution in [-0.4, -0.2) is 17.5 Å². The molecule has 10 heteroatoms. The monoisotopic (exact) mass is 350 g/mol. The molecule has 2 rings (SSSR count). The summed E-state index contributed by atoms with van der Waals surface area (Å²) in [6.07, 6.45) is 2.00. The van der Waals surface area contributed by atoms with Gasteiger partial charge in [-0.15, -0.1) is 10.2 Å². The van der Waals surface area contributed by atoms with Crippen molar-refractivity contribution >= 4 is 23.7 Å². The minimum absolute atomic E-state index is 0.556. The fourth-order valence-electron chi connectivity index (χ4n) is 2.24. The molecule has 2 N–H and O–H groups in total. The lowest BCUT2D eigenvalue weighted by molar-refractivity contribution is -0.708. The smallest absolute Gasteiger partial charge is 0.418 e. The Bertz CT molecular complexity index is 616. The van der Waals surface area contributed by atoms with E-state index in [2.05, 4.69) is 47.7 Å². The number of aromatic nitrogens is 3. The van der Waals surface area contributed by atoms with Crippen LogP contribution < -0.4 is 10.3 Å². The highest BCUT2D eigenvalue weighted by Gasteiger charge is 2.20. The average Bonchev–Trinajstić information content (AvgIpc) is 2.76. The molecule has 4 nitrogen and oxygen atoms in total. The first-order chi connectivity index (χ1) is 10.6. The zero-order valence-electron chi connectivity index (χ0n) is 13.2. The number of halogens is 4. The third kappa shape index (κ3) is 7.92. The van der Waals surface area contributed by atoms with Crippen LogP contribution in [0.3, 0.4) is 0 Å². The van der Waals surface area contributed by atoms with Gasteiger partial charge in [0.1, 0.15) is 11.6 Å². The second kappa shape index (κ2) is 8.23. The van der Waals surface area contributed by atoms with E-state index in [0.29, 0.717) is 5.13 Å². The predicted molar refractivity (Wildman–Crippen MR) is 83.7 cm³/mol. The van der Waals surface area contributed by atoms with Gasteiger partial charge in [0.15, 0.2) is 11.4 Å². The summed E-state index contributed by atoms with van der Waals surface area (Å²) < 4.78 is 41.3. The molecule has 0 radical (unpaired) electrons. The third-order valence-corrected chi connectivity index (χ3v) is 3.79. The summed E-state index contributed by atoms with van der Waals surface area (Å²) in [5, 5.41) is 9.45. The van der Waals surface area contributed by atoms with E-state index in [0.717, 1.165) is 24.4 Å². The van der Waals surface area contributed by atoms with E-state index in [1.54, 1.807) is 0 Å². The zero-order chi connectivity index (χ0) is 17.6. The Balaban J connectivity index is 0.000000463. The number of nitrogens with two attached hydrogens (primary N) is 1. The molecule has 0 amide bonds. The maximum Gasteiger partial charge on any atom is 0.673 e. The Labute approximate surface area is 136 Å². The van der Waals surface area contributed by atoms with Crippen molar-refractivity contribution in [2.24, 2.45) is 0 Å². The largest absolute Gasteiger partial charge is 0.673 e. The molecule has 0 atom stereocenters. The number of nitrogens with zero attached hydrogens (tertiary/aromatic N) is 3. The average molecular weight is 350 g/mol. The van der Waals surface area contributed by atoms with Crippen molar-refractivity contribution in [1.82, 2.24) is 10.2 Å². The lowest BCUT2D eigenvalue weighted by atomic mass is 10.2. The van der Waals surface area contributed by atoms with Crippen molar-refractivity contribution in [3.63, 3.8) is 0 Å². The minimum Gasteiger partial charge on any atom is -0.418 e. The molecule has 0 aliphatic heterocycles. The number of anilines is 1. The quantitative estimate of drug-likeness (QED) is 0.523. The van der Waals surface area contributed by atoms with Crippen LogP contribution >= 0.6 is 11.3 Å². The minimum atomic E-state index is -6.00. The summed E-state index contributed by atoms with van der Waals surface area (Å²) in [6.45, 7) is 7.46. The van der Waals surface area contributed by atoms with Crippen molar-refractivity contribution in [1.29, 1.82) is 0 Å². The Hall–Kier alpha value is -1.71. The summed E-state index contributed by atoms with van der Waals surface area (Å²) in [4.78, 5) is 0. The molecule has 2 aromatic heterocycles. The summed E-state index contributed by atoms with van der Waals surface area (Å²) in [6, 6.07) is 4.44. The van der Waals surface area contributed by atoms with Gasteiger partial charge < -0.3 is 23.0 Å². The normalized spacial score (nSPS) is 11.1. The second-order valence-corrected chi connectivity index (χ2v) is 6.19. The highest BCUT2D eigenvalue weighted by molar-refractivity contribution is 7.15. The van der Waals surface area contributed by atoms with Gasteiger partial charge >= 0.3 is 7.25 Å². The summed E-state index contributed by atoms with van der Waals surface area (Å²) >= 11 is 1.48. The molecule has 2 heterocycles. The molecule has 0 saturated carbocycles. The molecule has 0 bridgehead atoms. The van der Waals surface area contributed by atoms with E-state index in [-0.39, 0.29) is 0 Å². The van der Waals surface area contributed by atoms with Gasteiger partial charge in [0.2, 0.25) is 5.13 Å².